The van der Waals surface area contributed by atoms with Crippen LogP contribution in [0.1, 0.15) is 5.56 Å². The number of nitrogens with one attached hydrogen (secondary N) is 2. The van der Waals surface area contributed by atoms with Crippen molar-refractivity contribution >= 4 is 34.6 Å². The highest BCUT2D eigenvalue weighted by Crippen LogP contribution is 2.28. The van der Waals surface area contributed by atoms with Crippen molar-refractivity contribution in [2.45, 2.75) is 6.54 Å². The highest BCUT2D eigenvalue weighted by molar-refractivity contribution is 7.80. The summed E-state index contributed by atoms with van der Waals surface area (Å²) >= 11 is 12.1. The fraction of sp³-hybridized carbons (Fsp3) is 0.350. The monoisotopic (exact) mass is 406 g/mol. The maximum absolute atomic E-state index is 10.2. The van der Waals surface area contributed by atoms with Crippen LogP contribution in [0.3, 0.4) is 0 Å². The normalized spacial score (nSPS) is 14.7. The van der Waals surface area contributed by atoms with Crippen molar-refractivity contribution in [3.05, 3.63) is 59.1 Å². The lowest BCUT2D eigenvalue weighted by molar-refractivity contribution is -0.906. The maximum Gasteiger partial charge on any atom is 0.174 e. The summed E-state index contributed by atoms with van der Waals surface area (Å²) in [4.78, 5) is 3.45. The molecular weight excluding hydrogens is 382 g/mol. The second-order valence-electron chi connectivity index (χ2n) is 6.51. The van der Waals surface area contributed by atoms with E-state index < -0.39 is 0 Å². The molecule has 2 aromatic carbocycles. The van der Waals surface area contributed by atoms with Gasteiger partial charge in [-0.15, -0.1) is 0 Å². The summed E-state index contributed by atoms with van der Waals surface area (Å²) < 4.78 is 5.40. The predicted octanol–water partition coefficient (Wildman–Crippen LogP) is 1.84. The van der Waals surface area contributed by atoms with E-state index in [-0.39, 0.29) is 5.75 Å². The molecule has 1 fully saturated rings. The molecule has 0 aromatic heterocycles. The molecule has 1 heterocycles. The number of benzene rings is 2. The molecule has 0 bridgehead atoms. The number of halogens is 1. The van der Waals surface area contributed by atoms with Gasteiger partial charge < -0.3 is 25.0 Å². The minimum Gasteiger partial charge on any atom is -0.508 e. The Morgan fingerprint density at radius 3 is 2.59 bits per heavy atom. The summed E-state index contributed by atoms with van der Waals surface area (Å²) in [5.41, 5.74) is 1.61. The fourth-order valence-corrected chi connectivity index (χ4v) is 3.61. The summed E-state index contributed by atoms with van der Waals surface area (Å²) in [5.74, 6) is 0.245. The average molecular weight is 407 g/mol. The van der Waals surface area contributed by atoms with Crippen LogP contribution < -0.4 is 15.1 Å². The molecule has 1 aliphatic heterocycles. The number of para-hydroxylation sites is 2. The van der Waals surface area contributed by atoms with Crippen LogP contribution in [-0.2, 0) is 11.3 Å². The molecule has 0 saturated carbocycles. The topological polar surface area (TPSA) is 49.2 Å². The van der Waals surface area contributed by atoms with Gasteiger partial charge in [-0.2, -0.15) is 0 Å². The molecule has 0 aliphatic carbocycles. The van der Waals surface area contributed by atoms with Gasteiger partial charge in [0.25, 0.3) is 0 Å². The molecule has 5 nitrogen and oxygen atoms in total. The zero-order chi connectivity index (χ0) is 19.1. The number of anilines is 1. The van der Waals surface area contributed by atoms with Crippen LogP contribution in [0.2, 0.25) is 5.02 Å². The van der Waals surface area contributed by atoms with E-state index in [0.29, 0.717) is 16.7 Å². The molecule has 0 radical (unpaired) electrons. The van der Waals surface area contributed by atoms with E-state index in [2.05, 4.69) is 5.32 Å². The van der Waals surface area contributed by atoms with Crippen LogP contribution in [-0.4, -0.2) is 49.6 Å². The number of aromatic hydroxyl groups is 1. The Labute approximate surface area is 170 Å². The first-order valence-corrected chi connectivity index (χ1v) is 9.92. The maximum atomic E-state index is 10.2. The fourth-order valence-electron chi connectivity index (χ4n) is 3.10. The quantitative estimate of drug-likeness (QED) is 0.639. The Morgan fingerprint density at radius 1 is 1.15 bits per heavy atom. The summed E-state index contributed by atoms with van der Waals surface area (Å²) in [6.07, 6.45) is 0. The summed E-state index contributed by atoms with van der Waals surface area (Å²) in [7, 11) is 0. The van der Waals surface area contributed by atoms with E-state index in [1.165, 1.54) is 4.90 Å². The third-order valence-electron chi connectivity index (χ3n) is 4.66. The van der Waals surface area contributed by atoms with Crippen molar-refractivity contribution in [1.82, 2.24) is 5.32 Å². The number of phenols is 1. The lowest BCUT2D eigenvalue weighted by Gasteiger charge is -2.28. The molecule has 144 valence electrons. The number of ether oxygens (including phenoxy) is 1. The molecule has 2 aromatic rings. The van der Waals surface area contributed by atoms with Crippen molar-refractivity contribution < 1.29 is 14.7 Å². The summed E-state index contributed by atoms with van der Waals surface area (Å²) in [5, 5.41) is 14.7. The molecule has 27 heavy (non-hydrogen) atoms. The van der Waals surface area contributed by atoms with Crippen LogP contribution in [0, 0.1) is 0 Å². The first kappa shape index (κ1) is 19.9. The largest absolute Gasteiger partial charge is 0.508 e. The smallest absolute Gasteiger partial charge is 0.174 e. The number of morpholine rings is 1. The van der Waals surface area contributed by atoms with Crippen LogP contribution >= 0.6 is 23.8 Å². The molecule has 0 amide bonds. The second-order valence-corrected chi connectivity index (χ2v) is 7.30. The van der Waals surface area contributed by atoms with Gasteiger partial charge in [-0.25, -0.2) is 0 Å². The standard InChI is InChI=1S/C20H24ClN3O2S/c21-17-6-2-3-7-18(17)24(15-16-5-1-4-8-19(16)25)20(27)22-9-10-23-11-13-26-14-12-23/h1-8,25H,9-15H2,(H,22,27)/p+1. The van der Waals surface area contributed by atoms with Gasteiger partial charge in [0, 0.05) is 5.56 Å². The summed E-state index contributed by atoms with van der Waals surface area (Å²) in [6.45, 7) is 5.89. The van der Waals surface area contributed by atoms with Gasteiger partial charge in [-0.3, -0.25) is 0 Å². The Kier molecular flexibility index (Phi) is 7.29. The minimum absolute atomic E-state index is 0.245. The highest BCUT2D eigenvalue weighted by atomic mass is 35.5. The zero-order valence-electron chi connectivity index (χ0n) is 15.2. The van der Waals surface area contributed by atoms with Crippen molar-refractivity contribution in [1.29, 1.82) is 0 Å². The SMILES string of the molecule is Oc1ccccc1CN(C(=S)NCC[NH+]1CCOCC1)c1ccccc1Cl. The minimum atomic E-state index is 0.245. The second kappa shape index (κ2) is 9.90. The average Bonchev–Trinajstić information content (AvgIpc) is 2.69. The molecule has 3 N–H and O–H groups in total. The number of thiocarbonyl (C=S) groups is 1. The number of hydrogen-bond acceptors (Lipinski definition) is 3. The van der Waals surface area contributed by atoms with Gasteiger partial charge in [0.05, 0.1) is 43.6 Å². The number of hydrogen-bond donors (Lipinski definition) is 3. The molecule has 3 rings (SSSR count). The van der Waals surface area contributed by atoms with E-state index >= 15 is 0 Å². The third-order valence-corrected chi connectivity index (χ3v) is 5.35. The van der Waals surface area contributed by atoms with Crippen LogP contribution in [0.25, 0.3) is 0 Å². The molecular formula is C20H25ClN3O2S+. The van der Waals surface area contributed by atoms with E-state index in [9.17, 15) is 5.11 Å². The number of nitrogens with zero attached hydrogens (tertiary/aromatic N) is 1. The third kappa shape index (κ3) is 5.56. The number of quaternary nitrogens is 1. The van der Waals surface area contributed by atoms with Gasteiger partial charge >= 0.3 is 0 Å². The first-order chi connectivity index (χ1) is 13.1. The molecule has 0 atom stereocenters. The molecule has 1 saturated heterocycles. The van der Waals surface area contributed by atoms with Crippen LogP contribution in [0.5, 0.6) is 5.75 Å². The van der Waals surface area contributed by atoms with Gasteiger partial charge in [0.1, 0.15) is 18.8 Å². The highest BCUT2D eigenvalue weighted by Gasteiger charge is 2.18. The Balaban J connectivity index is 1.70. The molecule has 1 aliphatic rings. The van der Waals surface area contributed by atoms with Crippen molar-refractivity contribution in [3.63, 3.8) is 0 Å². The van der Waals surface area contributed by atoms with Crippen molar-refractivity contribution in [2.75, 3.05) is 44.3 Å². The first-order valence-electron chi connectivity index (χ1n) is 9.13. The van der Waals surface area contributed by atoms with Gasteiger partial charge in [0.2, 0.25) is 0 Å². The summed E-state index contributed by atoms with van der Waals surface area (Å²) in [6, 6.07) is 14.9. The van der Waals surface area contributed by atoms with Gasteiger partial charge in [-0.05, 0) is 30.4 Å². The van der Waals surface area contributed by atoms with Gasteiger partial charge in [0.15, 0.2) is 5.11 Å². The van der Waals surface area contributed by atoms with Crippen LogP contribution in [0.15, 0.2) is 48.5 Å². The van der Waals surface area contributed by atoms with E-state index in [0.717, 1.165) is 50.6 Å². The predicted molar refractivity (Wildman–Crippen MR) is 113 cm³/mol. The Hall–Kier alpha value is -1.86. The Morgan fingerprint density at radius 2 is 1.85 bits per heavy atom. The van der Waals surface area contributed by atoms with Crippen molar-refractivity contribution in [3.8, 4) is 5.75 Å². The molecule has 0 unspecified atom stereocenters. The molecule has 7 heteroatoms. The Bertz CT molecular complexity index is 768. The van der Waals surface area contributed by atoms with Crippen molar-refractivity contribution in [2.24, 2.45) is 0 Å². The lowest BCUT2D eigenvalue weighted by atomic mass is 10.2. The number of phenolic OH excluding ortho intramolecular Hbond substituents is 1. The van der Waals surface area contributed by atoms with Crippen LogP contribution in [0.4, 0.5) is 5.69 Å². The van der Waals surface area contributed by atoms with E-state index in [4.69, 9.17) is 28.6 Å². The van der Waals surface area contributed by atoms with E-state index in [1.54, 1.807) is 12.1 Å². The van der Waals surface area contributed by atoms with Gasteiger partial charge in [-0.1, -0.05) is 41.9 Å². The molecule has 0 spiro atoms. The van der Waals surface area contributed by atoms with E-state index in [1.807, 2.05) is 41.3 Å². The lowest BCUT2D eigenvalue weighted by Crippen LogP contribution is -3.14. The zero-order valence-corrected chi connectivity index (χ0v) is 16.7. The number of rotatable bonds is 6.